The molecular weight excluding hydrogens is 407 g/mol. The standard InChI is InChI=1S/C23H22ClFN2O3/c1-3-26(4-2)22(30)23(17-10-7-11-18(24)19(17)25)12-14(13-23)27-20(28)15-8-5-6-9-16(15)21(27)29/h5-11,14H,3-4,12-13H2,1-2H3/t14-,23-. The first kappa shape index (κ1) is 20.5. The van der Waals surface area contributed by atoms with Crippen LogP contribution >= 0.6 is 11.6 Å². The molecular formula is C23H22ClFN2O3. The Morgan fingerprint density at radius 2 is 1.63 bits per heavy atom. The van der Waals surface area contributed by atoms with E-state index in [0.717, 1.165) is 0 Å². The van der Waals surface area contributed by atoms with Crippen molar-refractivity contribution in [2.75, 3.05) is 13.1 Å². The van der Waals surface area contributed by atoms with Crippen molar-refractivity contribution >= 4 is 29.3 Å². The van der Waals surface area contributed by atoms with Crippen molar-refractivity contribution in [3.63, 3.8) is 0 Å². The van der Waals surface area contributed by atoms with Gasteiger partial charge in [-0.3, -0.25) is 19.3 Å². The average Bonchev–Trinajstić information content (AvgIpc) is 2.96. The van der Waals surface area contributed by atoms with Gasteiger partial charge in [0.1, 0.15) is 5.82 Å². The van der Waals surface area contributed by atoms with Crippen molar-refractivity contribution in [1.29, 1.82) is 0 Å². The smallest absolute Gasteiger partial charge is 0.261 e. The molecule has 1 aliphatic carbocycles. The first-order valence-electron chi connectivity index (χ1n) is 10.1. The lowest BCUT2D eigenvalue weighted by molar-refractivity contribution is -0.143. The maximum atomic E-state index is 15.0. The van der Waals surface area contributed by atoms with Gasteiger partial charge in [0, 0.05) is 24.7 Å². The minimum absolute atomic E-state index is 0.0524. The molecule has 0 N–H and O–H groups in total. The highest BCUT2D eigenvalue weighted by Gasteiger charge is 2.58. The Balaban J connectivity index is 1.70. The number of carbonyl (C=O) groups excluding carboxylic acids is 3. The van der Waals surface area contributed by atoms with Crippen LogP contribution in [0.2, 0.25) is 5.02 Å². The number of halogens is 2. The van der Waals surface area contributed by atoms with Crippen molar-refractivity contribution < 1.29 is 18.8 Å². The molecule has 1 fully saturated rings. The van der Waals surface area contributed by atoms with Gasteiger partial charge in [-0.25, -0.2) is 4.39 Å². The molecule has 1 aliphatic heterocycles. The van der Waals surface area contributed by atoms with Gasteiger partial charge in [0.15, 0.2) is 0 Å². The zero-order chi connectivity index (χ0) is 21.6. The van der Waals surface area contributed by atoms with Gasteiger partial charge in [0.05, 0.1) is 21.6 Å². The van der Waals surface area contributed by atoms with Gasteiger partial charge in [0.25, 0.3) is 11.8 Å². The summed E-state index contributed by atoms with van der Waals surface area (Å²) >= 11 is 6.01. The van der Waals surface area contributed by atoms with Crippen molar-refractivity contribution in [3.05, 3.63) is 70.0 Å². The Morgan fingerprint density at radius 1 is 1.07 bits per heavy atom. The molecule has 0 spiro atoms. The molecule has 0 bridgehead atoms. The van der Waals surface area contributed by atoms with Gasteiger partial charge in [-0.1, -0.05) is 35.9 Å². The van der Waals surface area contributed by atoms with Gasteiger partial charge in [-0.15, -0.1) is 0 Å². The van der Waals surface area contributed by atoms with Crippen LogP contribution in [0.25, 0.3) is 0 Å². The van der Waals surface area contributed by atoms with Crippen molar-refractivity contribution in [2.24, 2.45) is 0 Å². The van der Waals surface area contributed by atoms with Crippen LogP contribution in [0.3, 0.4) is 0 Å². The van der Waals surface area contributed by atoms with Crippen molar-refractivity contribution in [2.45, 2.75) is 38.1 Å². The maximum Gasteiger partial charge on any atom is 0.261 e. The van der Waals surface area contributed by atoms with E-state index in [9.17, 15) is 18.8 Å². The topological polar surface area (TPSA) is 57.7 Å². The fourth-order valence-electron chi connectivity index (χ4n) is 4.66. The van der Waals surface area contributed by atoms with Crippen LogP contribution in [0.15, 0.2) is 42.5 Å². The van der Waals surface area contributed by atoms with E-state index >= 15 is 0 Å². The molecule has 1 saturated carbocycles. The second-order valence-electron chi connectivity index (χ2n) is 7.75. The lowest BCUT2D eigenvalue weighted by Crippen LogP contribution is -2.62. The molecule has 0 saturated heterocycles. The van der Waals surface area contributed by atoms with E-state index < -0.39 is 17.3 Å². The molecule has 0 unspecified atom stereocenters. The third kappa shape index (κ3) is 2.85. The van der Waals surface area contributed by atoms with E-state index in [1.165, 1.54) is 11.0 Å². The first-order valence-corrected chi connectivity index (χ1v) is 10.4. The Hall–Kier alpha value is -2.73. The summed E-state index contributed by atoms with van der Waals surface area (Å²) in [5.74, 6) is -1.56. The molecule has 4 rings (SSSR count). The number of amides is 3. The summed E-state index contributed by atoms with van der Waals surface area (Å²) in [4.78, 5) is 42.0. The van der Waals surface area contributed by atoms with Crippen LogP contribution in [-0.2, 0) is 10.2 Å². The minimum Gasteiger partial charge on any atom is -0.342 e. The Labute approximate surface area is 179 Å². The van der Waals surface area contributed by atoms with Crippen molar-refractivity contribution in [1.82, 2.24) is 9.80 Å². The van der Waals surface area contributed by atoms with E-state index in [1.807, 2.05) is 13.8 Å². The molecule has 3 amide bonds. The van der Waals surface area contributed by atoms with Crippen LogP contribution in [0.1, 0.15) is 53.0 Å². The molecule has 30 heavy (non-hydrogen) atoms. The van der Waals surface area contributed by atoms with Gasteiger partial charge >= 0.3 is 0 Å². The predicted octanol–water partition coefficient (Wildman–Crippen LogP) is 4.04. The largest absolute Gasteiger partial charge is 0.342 e. The summed E-state index contributed by atoms with van der Waals surface area (Å²) in [7, 11) is 0. The summed E-state index contributed by atoms with van der Waals surface area (Å²) in [6.45, 7) is 4.70. The zero-order valence-electron chi connectivity index (χ0n) is 16.8. The highest BCUT2D eigenvalue weighted by Crippen LogP contribution is 2.50. The number of benzene rings is 2. The van der Waals surface area contributed by atoms with E-state index in [0.29, 0.717) is 24.2 Å². The summed E-state index contributed by atoms with van der Waals surface area (Å²) in [6, 6.07) is 10.8. The number of imide groups is 1. The highest BCUT2D eigenvalue weighted by molar-refractivity contribution is 6.30. The Morgan fingerprint density at radius 3 is 2.17 bits per heavy atom. The predicted molar refractivity (Wildman–Crippen MR) is 111 cm³/mol. The second kappa shape index (κ2) is 7.51. The number of hydrogen-bond acceptors (Lipinski definition) is 3. The molecule has 0 aromatic heterocycles. The summed E-state index contributed by atoms with van der Waals surface area (Å²) < 4.78 is 15.0. The fraction of sp³-hybridized carbons (Fsp3) is 0.348. The molecule has 0 atom stereocenters. The van der Waals surface area contributed by atoms with Crippen LogP contribution in [0.5, 0.6) is 0 Å². The highest BCUT2D eigenvalue weighted by atomic mass is 35.5. The summed E-state index contributed by atoms with van der Waals surface area (Å²) in [6.07, 6.45) is 0.343. The number of rotatable bonds is 5. The second-order valence-corrected chi connectivity index (χ2v) is 8.16. The van der Waals surface area contributed by atoms with Crippen molar-refractivity contribution in [3.8, 4) is 0 Å². The number of hydrogen-bond donors (Lipinski definition) is 0. The number of likely N-dealkylation sites (N-methyl/N-ethyl adjacent to an activating group) is 1. The first-order chi connectivity index (χ1) is 14.4. The van der Waals surface area contributed by atoms with Gasteiger partial charge in [-0.2, -0.15) is 0 Å². The molecule has 156 valence electrons. The van der Waals surface area contributed by atoms with Crippen LogP contribution in [0, 0.1) is 5.82 Å². The summed E-state index contributed by atoms with van der Waals surface area (Å²) in [5.41, 5.74) is -0.200. The van der Waals surface area contributed by atoms with Crippen LogP contribution < -0.4 is 0 Å². The zero-order valence-corrected chi connectivity index (χ0v) is 17.6. The van der Waals surface area contributed by atoms with Gasteiger partial charge in [0.2, 0.25) is 5.91 Å². The molecule has 2 aromatic rings. The number of nitrogens with zero attached hydrogens (tertiary/aromatic N) is 2. The van der Waals surface area contributed by atoms with E-state index in [1.54, 1.807) is 41.3 Å². The quantitative estimate of drug-likeness (QED) is 0.675. The van der Waals surface area contributed by atoms with E-state index in [-0.39, 0.29) is 41.1 Å². The lowest BCUT2D eigenvalue weighted by atomic mass is 9.60. The fourth-order valence-corrected chi connectivity index (χ4v) is 4.84. The third-order valence-electron chi connectivity index (χ3n) is 6.29. The number of fused-ring (bicyclic) bond motifs is 1. The SMILES string of the molecule is CCN(CC)C(=O)[C@]1(c2cccc(Cl)c2F)C[C@@H](N2C(=O)c3ccccc3C2=O)C1. The average molecular weight is 429 g/mol. The molecule has 5 nitrogen and oxygen atoms in total. The lowest BCUT2D eigenvalue weighted by Gasteiger charge is -2.50. The molecule has 7 heteroatoms. The Kier molecular flexibility index (Phi) is 5.14. The molecule has 0 radical (unpaired) electrons. The molecule has 2 aliphatic rings. The monoisotopic (exact) mass is 428 g/mol. The maximum absolute atomic E-state index is 15.0. The van der Waals surface area contributed by atoms with Crippen LogP contribution in [-0.4, -0.2) is 46.7 Å². The summed E-state index contributed by atoms with van der Waals surface area (Å²) in [5, 5.41) is -0.0524. The van der Waals surface area contributed by atoms with Crippen LogP contribution in [0.4, 0.5) is 4.39 Å². The van der Waals surface area contributed by atoms with Gasteiger partial charge < -0.3 is 4.90 Å². The molecule has 1 heterocycles. The van der Waals surface area contributed by atoms with E-state index in [2.05, 4.69) is 0 Å². The Bertz CT molecular complexity index is 1010. The number of carbonyl (C=O) groups is 3. The van der Waals surface area contributed by atoms with Gasteiger partial charge in [-0.05, 0) is 44.9 Å². The third-order valence-corrected chi connectivity index (χ3v) is 6.58. The minimum atomic E-state index is -1.15. The van der Waals surface area contributed by atoms with E-state index in [4.69, 9.17) is 11.6 Å². The normalized spacial score (nSPS) is 22.7. The molecule has 2 aromatic carbocycles.